The van der Waals surface area contributed by atoms with E-state index in [9.17, 15) is 4.79 Å². The summed E-state index contributed by atoms with van der Waals surface area (Å²) in [6, 6.07) is 0.0978. The van der Waals surface area contributed by atoms with Crippen LogP contribution in [0.3, 0.4) is 0 Å². The van der Waals surface area contributed by atoms with E-state index in [2.05, 4.69) is 20.8 Å². The van der Waals surface area contributed by atoms with E-state index in [1.54, 1.807) is 4.90 Å². The van der Waals surface area contributed by atoms with Crippen LogP contribution >= 0.6 is 24.0 Å². The van der Waals surface area contributed by atoms with Crippen molar-refractivity contribution in [3.63, 3.8) is 0 Å². The lowest BCUT2D eigenvalue weighted by molar-refractivity contribution is 0.0193. The topological polar surface area (TPSA) is 106 Å². The fourth-order valence-electron chi connectivity index (χ4n) is 3.20. The molecule has 1 saturated heterocycles. The second kappa shape index (κ2) is 13.8. The molecule has 1 aliphatic rings. The number of rotatable bonds is 8. The van der Waals surface area contributed by atoms with Gasteiger partial charge in [0.2, 0.25) is 0 Å². The third kappa shape index (κ3) is 9.88. The monoisotopic (exact) mass is 565 g/mol. The Morgan fingerprint density at radius 1 is 1.31 bits per heavy atom. The fourth-order valence-corrected chi connectivity index (χ4v) is 3.20. The Kier molecular flexibility index (Phi) is 12.3. The van der Waals surface area contributed by atoms with Gasteiger partial charge in [-0.25, -0.2) is 9.79 Å². The molecule has 1 atom stereocenters. The molecule has 1 aromatic rings. The van der Waals surface area contributed by atoms with E-state index in [1.807, 2.05) is 46.2 Å². The Balaban J connectivity index is 0.00000512. The average Bonchev–Trinajstić information content (AvgIpc) is 3.02. The quantitative estimate of drug-likeness (QED) is 0.216. The van der Waals surface area contributed by atoms with Gasteiger partial charge < -0.3 is 29.6 Å². The predicted octanol–water partition coefficient (Wildman–Crippen LogP) is 2.60. The van der Waals surface area contributed by atoms with Crippen molar-refractivity contribution < 1.29 is 14.3 Å². The Labute approximate surface area is 208 Å². The molecule has 1 fully saturated rings. The molecule has 184 valence electrons. The molecule has 0 radical (unpaired) electrons. The zero-order chi connectivity index (χ0) is 22.9. The van der Waals surface area contributed by atoms with Crippen molar-refractivity contribution in [2.75, 3.05) is 32.8 Å². The molecular formula is C21H40IN7O3. The molecule has 1 unspecified atom stereocenters. The molecule has 2 heterocycles. The van der Waals surface area contributed by atoms with Crippen LogP contribution in [0, 0.1) is 6.92 Å². The number of nitrogens with zero attached hydrogens (tertiary/aromatic N) is 5. The van der Waals surface area contributed by atoms with Gasteiger partial charge in [-0.3, -0.25) is 0 Å². The largest absolute Gasteiger partial charge is 0.444 e. The number of aliphatic imine (C=N–C) groups is 1. The summed E-state index contributed by atoms with van der Waals surface area (Å²) >= 11 is 0. The van der Waals surface area contributed by atoms with E-state index in [0.717, 1.165) is 37.5 Å². The highest BCUT2D eigenvalue weighted by molar-refractivity contribution is 14.0. The number of hydrogen-bond acceptors (Lipinski definition) is 6. The van der Waals surface area contributed by atoms with Gasteiger partial charge >= 0.3 is 6.09 Å². The van der Waals surface area contributed by atoms with Gasteiger partial charge in [-0.2, -0.15) is 0 Å². The standard InChI is InChI=1S/C21H39N7O3.HI/c1-7-30-13-9-11-22-19(23-14-18-26-25-16(2)27(18)6)24-17-10-8-12-28(15-17)20(29)31-21(3,4)5;/h17H,7-15H2,1-6H3,(H2,22,23,24);1H. The van der Waals surface area contributed by atoms with E-state index >= 15 is 0 Å². The Morgan fingerprint density at radius 2 is 2.06 bits per heavy atom. The number of piperidine rings is 1. The molecule has 2 rings (SSSR count). The number of aryl methyl sites for hydroxylation is 1. The molecule has 32 heavy (non-hydrogen) atoms. The van der Waals surface area contributed by atoms with Gasteiger partial charge in [0.15, 0.2) is 11.8 Å². The number of carbonyl (C=O) groups is 1. The molecule has 10 nitrogen and oxygen atoms in total. The van der Waals surface area contributed by atoms with Crippen LogP contribution in [0.25, 0.3) is 0 Å². The highest BCUT2D eigenvalue weighted by Gasteiger charge is 2.28. The van der Waals surface area contributed by atoms with Crippen molar-refractivity contribution in [1.29, 1.82) is 0 Å². The molecule has 1 amide bonds. The first-order chi connectivity index (χ1) is 14.7. The summed E-state index contributed by atoms with van der Waals surface area (Å²) in [5.74, 6) is 2.35. The number of nitrogens with one attached hydrogen (secondary N) is 2. The van der Waals surface area contributed by atoms with Gasteiger partial charge in [-0.15, -0.1) is 34.2 Å². The summed E-state index contributed by atoms with van der Waals surface area (Å²) in [7, 11) is 1.93. The van der Waals surface area contributed by atoms with Crippen molar-refractivity contribution >= 4 is 36.0 Å². The smallest absolute Gasteiger partial charge is 0.410 e. The Morgan fingerprint density at radius 3 is 2.69 bits per heavy atom. The van der Waals surface area contributed by atoms with E-state index in [1.165, 1.54) is 0 Å². The summed E-state index contributed by atoms with van der Waals surface area (Å²) in [5, 5.41) is 15.1. The molecule has 1 aliphatic heterocycles. The number of hydrogen-bond donors (Lipinski definition) is 2. The number of guanidine groups is 1. The maximum absolute atomic E-state index is 12.5. The van der Waals surface area contributed by atoms with E-state index in [-0.39, 0.29) is 36.1 Å². The number of likely N-dealkylation sites (tertiary alicyclic amines) is 1. The van der Waals surface area contributed by atoms with Crippen molar-refractivity contribution in [3.8, 4) is 0 Å². The van der Waals surface area contributed by atoms with Gasteiger partial charge in [0.05, 0.1) is 0 Å². The zero-order valence-corrected chi connectivity index (χ0v) is 22.6. The lowest BCUT2D eigenvalue weighted by Crippen LogP contribution is -2.53. The van der Waals surface area contributed by atoms with Crippen LogP contribution in [-0.4, -0.2) is 76.2 Å². The first kappa shape index (κ1) is 28.4. The van der Waals surface area contributed by atoms with Crippen LogP contribution in [-0.2, 0) is 23.1 Å². The minimum absolute atomic E-state index is 0. The highest BCUT2D eigenvalue weighted by Crippen LogP contribution is 2.15. The maximum Gasteiger partial charge on any atom is 0.410 e. The SMILES string of the molecule is CCOCCCNC(=NCc1nnc(C)n1C)NC1CCCN(C(=O)OC(C)(C)C)C1.I. The van der Waals surface area contributed by atoms with Crippen LogP contribution in [0.4, 0.5) is 4.79 Å². The van der Waals surface area contributed by atoms with Crippen molar-refractivity contribution in [3.05, 3.63) is 11.6 Å². The van der Waals surface area contributed by atoms with Crippen LogP contribution in [0.1, 0.15) is 58.6 Å². The van der Waals surface area contributed by atoms with Gasteiger partial charge in [-0.05, 0) is 53.9 Å². The third-order valence-electron chi connectivity index (χ3n) is 4.94. The number of amides is 1. The van der Waals surface area contributed by atoms with E-state index < -0.39 is 5.60 Å². The molecule has 0 saturated carbocycles. The first-order valence-electron chi connectivity index (χ1n) is 11.1. The molecule has 0 aliphatic carbocycles. The lowest BCUT2D eigenvalue weighted by Gasteiger charge is -2.35. The summed E-state index contributed by atoms with van der Waals surface area (Å²) < 4.78 is 12.9. The van der Waals surface area contributed by atoms with Crippen molar-refractivity contribution in [2.45, 2.75) is 72.1 Å². The molecular weight excluding hydrogens is 525 g/mol. The van der Waals surface area contributed by atoms with Crippen LogP contribution in [0.15, 0.2) is 4.99 Å². The minimum atomic E-state index is -0.500. The molecule has 0 spiro atoms. The van der Waals surface area contributed by atoms with E-state index in [4.69, 9.17) is 14.5 Å². The van der Waals surface area contributed by atoms with Gasteiger partial charge in [0.1, 0.15) is 18.0 Å². The molecule has 0 aromatic carbocycles. The Hall–Kier alpha value is -1.63. The number of carbonyl (C=O) groups excluding carboxylic acids is 1. The first-order valence-corrected chi connectivity index (χ1v) is 11.1. The molecule has 2 N–H and O–H groups in total. The van der Waals surface area contributed by atoms with E-state index in [0.29, 0.717) is 38.8 Å². The summed E-state index contributed by atoms with van der Waals surface area (Å²) in [6.07, 6.45) is 2.49. The lowest BCUT2D eigenvalue weighted by atomic mass is 10.1. The van der Waals surface area contributed by atoms with Crippen molar-refractivity contribution in [2.24, 2.45) is 12.0 Å². The number of ether oxygens (including phenoxy) is 2. The van der Waals surface area contributed by atoms with Gasteiger partial charge in [-0.1, -0.05) is 0 Å². The normalized spacial score (nSPS) is 17.0. The highest BCUT2D eigenvalue weighted by atomic mass is 127. The summed E-state index contributed by atoms with van der Waals surface area (Å²) in [6.45, 7) is 13.4. The number of aromatic nitrogens is 3. The molecule has 0 bridgehead atoms. The van der Waals surface area contributed by atoms with Crippen LogP contribution in [0.2, 0.25) is 0 Å². The van der Waals surface area contributed by atoms with Gasteiger partial charge in [0, 0.05) is 45.9 Å². The summed E-state index contributed by atoms with van der Waals surface area (Å²) in [5.41, 5.74) is -0.500. The van der Waals surface area contributed by atoms with Crippen molar-refractivity contribution in [1.82, 2.24) is 30.3 Å². The number of halogens is 1. The maximum atomic E-state index is 12.5. The summed E-state index contributed by atoms with van der Waals surface area (Å²) in [4.78, 5) is 18.9. The second-order valence-corrected chi connectivity index (χ2v) is 8.77. The second-order valence-electron chi connectivity index (χ2n) is 8.77. The average molecular weight is 566 g/mol. The molecule has 1 aromatic heterocycles. The molecule has 11 heteroatoms. The minimum Gasteiger partial charge on any atom is -0.444 e. The van der Waals surface area contributed by atoms with Gasteiger partial charge in [0.25, 0.3) is 0 Å². The third-order valence-corrected chi connectivity index (χ3v) is 4.94. The van der Waals surface area contributed by atoms with Crippen LogP contribution < -0.4 is 10.6 Å². The Bertz CT molecular complexity index is 733. The fraction of sp³-hybridized carbons (Fsp3) is 0.810. The van der Waals surface area contributed by atoms with Crippen LogP contribution in [0.5, 0.6) is 0 Å². The zero-order valence-electron chi connectivity index (χ0n) is 20.3. The predicted molar refractivity (Wildman–Crippen MR) is 135 cm³/mol.